The van der Waals surface area contributed by atoms with Crippen LogP contribution in [-0.2, 0) is 16.9 Å². The van der Waals surface area contributed by atoms with Gasteiger partial charge in [0.2, 0.25) is 5.95 Å². The standard InChI is InChI=1S/C21H15FN4O2/c22-18-9-13(7-8-23-18)15-5-6-16-20(25-15)26-19(24-16)10-27-11-21(26)12-28-17-4-2-1-3-14(17)21/h1-9H,10-12H2. The van der Waals surface area contributed by atoms with Gasteiger partial charge in [-0.3, -0.25) is 4.57 Å². The molecule has 0 saturated carbocycles. The monoisotopic (exact) mass is 374 g/mol. The lowest BCUT2D eigenvalue weighted by atomic mass is 9.91. The lowest BCUT2D eigenvalue weighted by molar-refractivity contribution is 0.0134. The molecular weight excluding hydrogens is 359 g/mol. The molecule has 0 bridgehead atoms. The van der Waals surface area contributed by atoms with Crippen LogP contribution in [-0.4, -0.2) is 32.7 Å². The average molecular weight is 374 g/mol. The van der Waals surface area contributed by atoms with E-state index in [1.807, 2.05) is 30.3 Å². The van der Waals surface area contributed by atoms with Crippen molar-refractivity contribution in [3.8, 4) is 17.0 Å². The van der Waals surface area contributed by atoms with Gasteiger partial charge in [0.1, 0.15) is 35.8 Å². The van der Waals surface area contributed by atoms with Gasteiger partial charge in [-0.15, -0.1) is 0 Å². The molecule has 0 aliphatic carbocycles. The highest BCUT2D eigenvalue weighted by Gasteiger charge is 2.47. The first-order valence-corrected chi connectivity index (χ1v) is 9.05. The number of benzene rings is 1. The van der Waals surface area contributed by atoms with E-state index >= 15 is 0 Å². The van der Waals surface area contributed by atoms with E-state index in [1.54, 1.807) is 6.07 Å². The topological polar surface area (TPSA) is 62.1 Å². The third kappa shape index (κ3) is 2.07. The number of aromatic nitrogens is 4. The molecule has 28 heavy (non-hydrogen) atoms. The fourth-order valence-corrected chi connectivity index (χ4v) is 4.21. The lowest BCUT2D eigenvalue weighted by Crippen LogP contribution is -2.45. The predicted octanol–water partition coefficient (Wildman–Crippen LogP) is 3.30. The van der Waals surface area contributed by atoms with Gasteiger partial charge < -0.3 is 9.47 Å². The van der Waals surface area contributed by atoms with Crippen LogP contribution in [0.3, 0.4) is 0 Å². The second-order valence-corrected chi connectivity index (χ2v) is 7.08. The summed E-state index contributed by atoms with van der Waals surface area (Å²) in [5, 5.41) is 0. The molecule has 0 fully saturated rings. The van der Waals surface area contributed by atoms with E-state index in [2.05, 4.69) is 15.6 Å². The van der Waals surface area contributed by atoms with Crippen molar-refractivity contribution in [1.82, 2.24) is 19.5 Å². The largest absolute Gasteiger partial charge is 0.490 e. The molecule has 6 nitrogen and oxygen atoms in total. The molecule has 1 atom stereocenters. The SMILES string of the molecule is Fc1cc(-c2ccc3nc4n(c3n2)C2(COC4)COc3ccccc32)ccn1. The van der Waals surface area contributed by atoms with Crippen molar-refractivity contribution < 1.29 is 13.9 Å². The van der Waals surface area contributed by atoms with Crippen LogP contribution in [0.4, 0.5) is 4.39 Å². The zero-order valence-corrected chi connectivity index (χ0v) is 14.8. The van der Waals surface area contributed by atoms with Crippen molar-refractivity contribution in [2.24, 2.45) is 0 Å². The summed E-state index contributed by atoms with van der Waals surface area (Å²) < 4.78 is 27.6. The van der Waals surface area contributed by atoms with Crippen LogP contribution in [0.15, 0.2) is 54.7 Å². The zero-order chi connectivity index (χ0) is 18.7. The maximum Gasteiger partial charge on any atom is 0.213 e. The lowest BCUT2D eigenvalue weighted by Gasteiger charge is -2.34. The molecule has 7 heteroatoms. The minimum atomic E-state index is -0.530. The molecule has 0 amide bonds. The van der Waals surface area contributed by atoms with Gasteiger partial charge in [-0.05, 0) is 24.3 Å². The van der Waals surface area contributed by atoms with Gasteiger partial charge in [0.25, 0.3) is 0 Å². The van der Waals surface area contributed by atoms with Crippen LogP contribution >= 0.6 is 0 Å². The number of hydrogen-bond donors (Lipinski definition) is 0. The van der Waals surface area contributed by atoms with Gasteiger partial charge in [-0.1, -0.05) is 18.2 Å². The van der Waals surface area contributed by atoms with E-state index in [1.165, 1.54) is 12.3 Å². The highest BCUT2D eigenvalue weighted by Crippen LogP contribution is 2.44. The molecule has 0 N–H and O–H groups in total. The molecule has 5 heterocycles. The van der Waals surface area contributed by atoms with E-state index < -0.39 is 11.5 Å². The Morgan fingerprint density at radius 1 is 1.04 bits per heavy atom. The Morgan fingerprint density at radius 3 is 2.89 bits per heavy atom. The summed E-state index contributed by atoms with van der Waals surface area (Å²) >= 11 is 0. The molecule has 1 aromatic carbocycles. The van der Waals surface area contributed by atoms with Crippen LogP contribution in [0.5, 0.6) is 5.75 Å². The van der Waals surface area contributed by atoms with Gasteiger partial charge in [0.15, 0.2) is 5.65 Å². The van der Waals surface area contributed by atoms with E-state index in [0.717, 1.165) is 28.3 Å². The summed E-state index contributed by atoms with van der Waals surface area (Å²) in [6, 6.07) is 14.9. The van der Waals surface area contributed by atoms with E-state index in [4.69, 9.17) is 19.4 Å². The number of para-hydroxylation sites is 1. The number of hydrogen-bond acceptors (Lipinski definition) is 5. The summed E-state index contributed by atoms with van der Waals surface area (Å²) in [5.74, 6) is 1.14. The Kier molecular flexibility index (Phi) is 3.14. The van der Waals surface area contributed by atoms with Gasteiger partial charge in [0.05, 0.1) is 12.3 Å². The number of rotatable bonds is 1. The summed E-state index contributed by atoms with van der Waals surface area (Å²) in [6.07, 6.45) is 1.44. The van der Waals surface area contributed by atoms with Crippen LogP contribution in [0.2, 0.25) is 0 Å². The number of pyridine rings is 2. The normalized spacial score (nSPS) is 20.2. The predicted molar refractivity (Wildman–Crippen MR) is 99.4 cm³/mol. The Hall–Kier alpha value is -3.32. The fraction of sp³-hybridized carbons (Fsp3) is 0.190. The Bertz CT molecular complexity index is 1240. The molecule has 4 aromatic rings. The molecule has 3 aromatic heterocycles. The number of fused-ring (bicyclic) bond motifs is 6. The van der Waals surface area contributed by atoms with E-state index in [-0.39, 0.29) is 0 Å². The van der Waals surface area contributed by atoms with Crippen LogP contribution < -0.4 is 4.74 Å². The maximum absolute atomic E-state index is 13.6. The van der Waals surface area contributed by atoms with Crippen molar-refractivity contribution in [3.05, 3.63) is 72.1 Å². The Morgan fingerprint density at radius 2 is 1.96 bits per heavy atom. The van der Waals surface area contributed by atoms with E-state index in [0.29, 0.717) is 31.1 Å². The van der Waals surface area contributed by atoms with Crippen molar-refractivity contribution >= 4 is 11.2 Å². The Labute approximate surface area is 159 Å². The third-order valence-electron chi connectivity index (χ3n) is 5.45. The van der Waals surface area contributed by atoms with Crippen LogP contribution in [0, 0.1) is 5.95 Å². The first kappa shape index (κ1) is 15.7. The average Bonchev–Trinajstić information content (AvgIpc) is 3.28. The summed E-state index contributed by atoms with van der Waals surface area (Å²) in [6.45, 7) is 1.36. The third-order valence-corrected chi connectivity index (χ3v) is 5.45. The van der Waals surface area contributed by atoms with Gasteiger partial charge in [-0.2, -0.15) is 4.39 Å². The smallest absolute Gasteiger partial charge is 0.213 e. The highest BCUT2D eigenvalue weighted by atomic mass is 19.1. The van der Waals surface area contributed by atoms with Crippen LogP contribution in [0.1, 0.15) is 11.4 Å². The first-order valence-electron chi connectivity index (χ1n) is 9.05. The second kappa shape index (κ2) is 5.59. The number of nitrogens with zero attached hydrogens (tertiary/aromatic N) is 4. The molecule has 2 aliphatic heterocycles. The number of halogens is 1. The molecule has 0 saturated heterocycles. The highest BCUT2D eigenvalue weighted by molar-refractivity contribution is 5.77. The minimum absolute atomic E-state index is 0.416. The van der Waals surface area contributed by atoms with Crippen molar-refractivity contribution in [2.45, 2.75) is 12.1 Å². The minimum Gasteiger partial charge on any atom is -0.490 e. The molecule has 138 valence electrons. The van der Waals surface area contributed by atoms with Crippen LogP contribution in [0.25, 0.3) is 22.4 Å². The fourth-order valence-electron chi connectivity index (χ4n) is 4.21. The maximum atomic E-state index is 13.6. The second-order valence-electron chi connectivity index (χ2n) is 7.08. The number of ether oxygens (including phenoxy) is 2. The van der Waals surface area contributed by atoms with Gasteiger partial charge in [-0.25, -0.2) is 15.0 Å². The number of imidazole rings is 1. The van der Waals surface area contributed by atoms with Gasteiger partial charge in [0, 0.05) is 23.4 Å². The first-order chi connectivity index (χ1) is 13.7. The summed E-state index contributed by atoms with van der Waals surface area (Å²) in [5.41, 5.74) is 3.43. The Balaban J connectivity index is 1.61. The van der Waals surface area contributed by atoms with Crippen molar-refractivity contribution in [1.29, 1.82) is 0 Å². The molecule has 1 spiro atoms. The van der Waals surface area contributed by atoms with Gasteiger partial charge >= 0.3 is 0 Å². The zero-order valence-electron chi connectivity index (χ0n) is 14.8. The molecule has 2 aliphatic rings. The molecule has 6 rings (SSSR count). The quantitative estimate of drug-likeness (QED) is 0.479. The van der Waals surface area contributed by atoms with Crippen molar-refractivity contribution in [2.75, 3.05) is 13.2 Å². The molecule has 1 unspecified atom stereocenters. The van der Waals surface area contributed by atoms with Crippen molar-refractivity contribution in [3.63, 3.8) is 0 Å². The van der Waals surface area contributed by atoms with E-state index in [9.17, 15) is 4.39 Å². The summed E-state index contributed by atoms with van der Waals surface area (Å²) in [4.78, 5) is 13.2. The summed E-state index contributed by atoms with van der Waals surface area (Å²) in [7, 11) is 0. The molecular formula is C21H15FN4O2. The molecule has 0 radical (unpaired) electrons.